The van der Waals surface area contributed by atoms with Crippen LogP contribution >= 0.6 is 0 Å². The zero-order valence-electron chi connectivity index (χ0n) is 8.54. The van der Waals surface area contributed by atoms with E-state index in [1.54, 1.807) is 7.11 Å². The number of ether oxygens (including phenoxy) is 1. The van der Waals surface area contributed by atoms with Crippen LogP contribution in [0.2, 0.25) is 0 Å². The normalized spacial score (nSPS) is 14.4. The lowest BCUT2D eigenvalue weighted by atomic mass is 10.3. The van der Waals surface area contributed by atoms with Gasteiger partial charge in [0.15, 0.2) is 0 Å². The van der Waals surface area contributed by atoms with Gasteiger partial charge in [-0.25, -0.2) is 8.42 Å². The standard InChI is InChI=1S/C8H19NO3S/c1-4-5-9-8(6-12-2)7-13(3,10)11/h8-9H,4-7H2,1-3H3. The van der Waals surface area contributed by atoms with Crippen LogP contribution in [0.5, 0.6) is 0 Å². The molecule has 0 rings (SSSR count). The van der Waals surface area contributed by atoms with E-state index < -0.39 is 9.84 Å². The van der Waals surface area contributed by atoms with Gasteiger partial charge in [0.05, 0.1) is 12.4 Å². The number of hydrogen-bond acceptors (Lipinski definition) is 4. The van der Waals surface area contributed by atoms with Gasteiger partial charge in [-0.2, -0.15) is 0 Å². The Morgan fingerprint density at radius 2 is 2.08 bits per heavy atom. The molecule has 1 N–H and O–H groups in total. The molecular weight excluding hydrogens is 190 g/mol. The fourth-order valence-electron chi connectivity index (χ4n) is 1.08. The highest BCUT2D eigenvalue weighted by atomic mass is 32.2. The zero-order valence-corrected chi connectivity index (χ0v) is 9.36. The van der Waals surface area contributed by atoms with Crippen molar-refractivity contribution in [2.24, 2.45) is 0 Å². The third kappa shape index (κ3) is 8.21. The predicted molar refractivity (Wildman–Crippen MR) is 53.7 cm³/mol. The van der Waals surface area contributed by atoms with Crippen molar-refractivity contribution in [3.05, 3.63) is 0 Å². The summed E-state index contributed by atoms with van der Waals surface area (Å²) >= 11 is 0. The van der Waals surface area contributed by atoms with Crippen LogP contribution in [-0.2, 0) is 14.6 Å². The molecule has 80 valence electrons. The van der Waals surface area contributed by atoms with Gasteiger partial charge in [0.1, 0.15) is 9.84 Å². The molecule has 1 atom stereocenters. The molecule has 0 aliphatic heterocycles. The van der Waals surface area contributed by atoms with E-state index in [4.69, 9.17) is 4.74 Å². The van der Waals surface area contributed by atoms with Crippen LogP contribution in [0.3, 0.4) is 0 Å². The number of hydrogen-bond donors (Lipinski definition) is 1. The van der Waals surface area contributed by atoms with E-state index in [2.05, 4.69) is 5.32 Å². The molecule has 0 heterocycles. The lowest BCUT2D eigenvalue weighted by molar-refractivity contribution is 0.173. The molecule has 4 nitrogen and oxygen atoms in total. The Bertz CT molecular complexity index is 213. The van der Waals surface area contributed by atoms with Gasteiger partial charge < -0.3 is 10.1 Å². The van der Waals surface area contributed by atoms with E-state index in [-0.39, 0.29) is 11.8 Å². The number of sulfone groups is 1. The minimum Gasteiger partial charge on any atom is -0.383 e. The van der Waals surface area contributed by atoms with Gasteiger partial charge in [0.2, 0.25) is 0 Å². The average molecular weight is 209 g/mol. The molecule has 5 heteroatoms. The van der Waals surface area contributed by atoms with Gasteiger partial charge in [-0.3, -0.25) is 0 Å². The summed E-state index contributed by atoms with van der Waals surface area (Å²) in [6.07, 6.45) is 2.23. The van der Waals surface area contributed by atoms with Crippen molar-refractivity contribution in [2.75, 3.05) is 32.3 Å². The molecule has 0 aromatic heterocycles. The third-order valence-corrected chi connectivity index (χ3v) is 2.56. The van der Waals surface area contributed by atoms with Crippen molar-refractivity contribution in [2.45, 2.75) is 19.4 Å². The first-order valence-corrected chi connectivity index (χ1v) is 6.45. The van der Waals surface area contributed by atoms with Crippen LogP contribution < -0.4 is 5.32 Å². The summed E-state index contributed by atoms with van der Waals surface area (Å²) in [5.74, 6) is 0.140. The molecule has 0 aromatic carbocycles. The molecule has 0 aliphatic rings. The topological polar surface area (TPSA) is 55.4 Å². The average Bonchev–Trinajstić information content (AvgIpc) is 1.98. The van der Waals surface area contributed by atoms with E-state index in [1.807, 2.05) is 6.92 Å². The van der Waals surface area contributed by atoms with Gasteiger partial charge in [-0.1, -0.05) is 6.92 Å². The Kier molecular flexibility index (Phi) is 6.28. The summed E-state index contributed by atoms with van der Waals surface area (Å²) in [6.45, 7) is 3.30. The molecule has 0 bridgehead atoms. The van der Waals surface area contributed by atoms with E-state index >= 15 is 0 Å². The molecule has 13 heavy (non-hydrogen) atoms. The molecule has 0 aromatic rings. The van der Waals surface area contributed by atoms with E-state index in [9.17, 15) is 8.42 Å². The first-order chi connectivity index (χ1) is 5.99. The fraction of sp³-hybridized carbons (Fsp3) is 1.00. The maximum Gasteiger partial charge on any atom is 0.149 e. The summed E-state index contributed by atoms with van der Waals surface area (Å²) < 4.78 is 26.9. The summed E-state index contributed by atoms with van der Waals surface area (Å²) in [4.78, 5) is 0. The Labute approximate surface area is 80.6 Å². The first kappa shape index (κ1) is 12.9. The second-order valence-electron chi connectivity index (χ2n) is 3.20. The molecule has 0 saturated carbocycles. The smallest absolute Gasteiger partial charge is 0.149 e. The van der Waals surface area contributed by atoms with Gasteiger partial charge in [-0.15, -0.1) is 0 Å². The highest BCUT2D eigenvalue weighted by Crippen LogP contribution is 1.92. The largest absolute Gasteiger partial charge is 0.383 e. The van der Waals surface area contributed by atoms with Crippen LogP contribution in [0.1, 0.15) is 13.3 Å². The molecule has 0 saturated heterocycles. The van der Waals surface area contributed by atoms with Gasteiger partial charge in [0.25, 0.3) is 0 Å². The molecule has 0 spiro atoms. The number of methoxy groups -OCH3 is 1. The second kappa shape index (κ2) is 6.34. The first-order valence-electron chi connectivity index (χ1n) is 4.39. The molecule has 0 fully saturated rings. The minimum absolute atomic E-state index is 0.0834. The van der Waals surface area contributed by atoms with Crippen LogP contribution in [0.4, 0.5) is 0 Å². The molecule has 0 radical (unpaired) electrons. The van der Waals surface area contributed by atoms with Crippen molar-refractivity contribution in [1.82, 2.24) is 5.32 Å². The highest BCUT2D eigenvalue weighted by Gasteiger charge is 2.13. The SMILES string of the molecule is CCCNC(COC)CS(C)(=O)=O. The summed E-state index contributed by atoms with van der Waals surface area (Å²) in [5, 5.41) is 3.12. The monoisotopic (exact) mass is 209 g/mol. The van der Waals surface area contributed by atoms with E-state index in [1.165, 1.54) is 6.26 Å². The summed E-state index contributed by atoms with van der Waals surface area (Å²) in [5.41, 5.74) is 0. The van der Waals surface area contributed by atoms with Crippen molar-refractivity contribution in [3.8, 4) is 0 Å². The maximum absolute atomic E-state index is 11.0. The summed E-state index contributed by atoms with van der Waals surface area (Å²) in [6, 6.07) is -0.0834. The van der Waals surface area contributed by atoms with Gasteiger partial charge in [-0.05, 0) is 13.0 Å². The van der Waals surface area contributed by atoms with E-state index in [0.29, 0.717) is 6.61 Å². The van der Waals surface area contributed by atoms with Crippen LogP contribution in [0.15, 0.2) is 0 Å². The molecule has 0 amide bonds. The molecular formula is C8H19NO3S. The van der Waals surface area contributed by atoms with Crippen molar-refractivity contribution in [3.63, 3.8) is 0 Å². The summed E-state index contributed by atoms with van der Waals surface area (Å²) in [7, 11) is -1.35. The number of rotatable bonds is 7. The Morgan fingerprint density at radius 1 is 1.46 bits per heavy atom. The minimum atomic E-state index is -2.92. The lowest BCUT2D eigenvalue weighted by Gasteiger charge is -2.16. The van der Waals surface area contributed by atoms with Crippen molar-refractivity contribution < 1.29 is 13.2 Å². The van der Waals surface area contributed by atoms with E-state index in [0.717, 1.165) is 13.0 Å². The van der Waals surface area contributed by atoms with Crippen LogP contribution in [0, 0.1) is 0 Å². The van der Waals surface area contributed by atoms with Crippen LogP contribution in [-0.4, -0.2) is 46.7 Å². The fourth-order valence-corrected chi connectivity index (χ4v) is 2.03. The highest BCUT2D eigenvalue weighted by molar-refractivity contribution is 7.90. The quantitative estimate of drug-likeness (QED) is 0.643. The van der Waals surface area contributed by atoms with Crippen molar-refractivity contribution in [1.29, 1.82) is 0 Å². The van der Waals surface area contributed by atoms with Crippen molar-refractivity contribution >= 4 is 9.84 Å². The maximum atomic E-state index is 11.0. The zero-order chi connectivity index (χ0) is 10.3. The van der Waals surface area contributed by atoms with Gasteiger partial charge in [0, 0.05) is 19.4 Å². The predicted octanol–water partition coefficient (Wildman–Crippen LogP) is 0.0456. The third-order valence-electron chi connectivity index (χ3n) is 1.55. The lowest BCUT2D eigenvalue weighted by Crippen LogP contribution is -2.39. The van der Waals surface area contributed by atoms with Gasteiger partial charge >= 0.3 is 0 Å². The molecule has 1 unspecified atom stereocenters. The molecule has 0 aliphatic carbocycles. The van der Waals surface area contributed by atoms with Crippen LogP contribution in [0.25, 0.3) is 0 Å². The Balaban J connectivity index is 3.94. The Hall–Kier alpha value is -0.130. The number of nitrogens with one attached hydrogen (secondary N) is 1. The Morgan fingerprint density at radius 3 is 2.46 bits per heavy atom. The second-order valence-corrected chi connectivity index (χ2v) is 5.38.